The van der Waals surface area contributed by atoms with E-state index >= 15 is 0 Å². The molecule has 0 bridgehead atoms. The van der Waals surface area contributed by atoms with Gasteiger partial charge in [-0.3, -0.25) is 19.2 Å². The molecule has 4 amide bonds. The monoisotopic (exact) mass is 374 g/mol. The third kappa shape index (κ3) is 10.2. The minimum Gasteiger partial charge on any atom is -0.480 e. The second-order valence-corrected chi connectivity index (χ2v) is 5.46. The number of aliphatic carboxylic acids is 1. The van der Waals surface area contributed by atoms with E-state index in [0.717, 1.165) is 0 Å². The standard InChI is InChI=1S/C14H26N6O6/c15-4-2-1-3-8(14(25)26)20-13(24)9(5-10(17)21)19-12(23)7-18-11(22)6-16/h8-9H,1-7,15-16H2,(H2,17,21)(H,18,22)(H,19,23)(H,20,24)(H,25,26). The number of carboxylic acids is 1. The lowest BCUT2D eigenvalue weighted by atomic mass is 10.1. The van der Waals surface area contributed by atoms with Gasteiger partial charge in [-0.1, -0.05) is 0 Å². The van der Waals surface area contributed by atoms with Crippen LogP contribution in [0.4, 0.5) is 0 Å². The number of rotatable bonds is 13. The average Bonchev–Trinajstić information content (AvgIpc) is 2.57. The number of hydrogen-bond acceptors (Lipinski definition) is 7. The van der Waals surface area contributed by atoms with E-state index in [1.165, 1.54) is 0 Å². The molecule has 0 aliphatic rings. The Bertz CT molecular complexity index is 526. The molecular formula is C14H26N6O6. The van der Waals surface area contributed by atoms with Crippen LogP contribution in [0, 0.1) is 0 Å². The first kappa shape index (κ1) is 23.3. The third-order valence-corrected chi connectivity index (χ3v) is 3.25. The molecule has 0 heterocycles. The highest BCUT2D eigenvalue weighted by atomic mass is 16.4. The van der Waals surface area contributed by atoms with Crippen molar-refractivity contribution in [2.24, 2.45) is 17.2 Å². The normalized spacial score (nSPS) is 12.5. The van der Waals surface area contributed by atoms with Gasteiger partial charge in [-0.25, -0.2) is 4.79 Å². The SMILES string of the molecule is NCCCCC(NC(=O)C(CC(N)=O)NC(=O)CNC(=O)CN)C(=O)O. The molecule has 0 saturated carbocycles. The predicted molar refractivity (Wildman–Crippen MR) is 90.3 cm³/mol. The Kier molecular flexibility index (Phi) is 11.3. The highest BCUT2D eigenvalue weighted by Crippen LogP contribution is 2.02. The maximum Gasteiger partial charge on any atom is 0.326 e. The summed E-state index contributed by atoms with van der Waals surface area (Å²) < 4.78 is 0. The van der Waals surface area contributed by atoms with E-state index in [1.54, 1.807) is 0 Å². The highest BCUT2D eigenvalue weighted by molar-refractivity contribution is 5.94. The van der Waals surface area contributed by atoms with Gasteiger partial charge in [-0.05, 0) is 25.8 Å². The van der Waals surface area contributed by atoms with Gasteiger partial charge in [0.2, 0.25) is 23.6 Å². The van der Waals surface area contributed by atoms with Gasteiger partial charge in [0.25, 0.3) is 0 Å². The predicted octanol–water partition coefficient (Wildman–Crippen LogP) is -3.88. The van der Waals surface area contributed by atoms with E-state index in [-0.39, 0.29) is 13.0 Å². The molecule has 0 aliphatic heterocycles. The molecule has 10 N–H and O–H groups in total. The van der Waals surface area contributed by atoms with Gasteiger partial charge in [-0.15, -0.1) is 0 Å². The molecule has 0 saturated heterocycles. The quantitative estimate of drug-likeness (QED) is 0.158. The Balaban J connectivity index is 4.83. The van der Waals surface area contributed by atoms with Crippen LogP contribution in [0.15, 0.2) is 0 Å². The van der Waals surface area contributed by atoms with Gasteiger partial charge in [0.1, 0.15) is 12.1 Å². The fraction of sp³-hybridized carbons (Fsp3) is 0.643. The summed E-state index contributed by atoms with van der Waals surface area (Å²) >= 11 is 0. The van der Waals surface area contributed by atoms with Crippen LogP contribution in [0.5, 0.6) is 0 Å². The molecule has 12 heteroatoms. The summed E-state index contributed by atoms with van der Waals surface area (Å²) in [6.45, 7) is -0.395. The lowest BCUT2D eigenvalue weighted by Crippen LogP contribution is -2.54. The van der Waals surface area contributed by atoms with Crippen LogP contribution in [-0.2, 0) is 24.0 Å². The molecule has 12 nitrogen and oxygen atoms in total. The summed E-state index contributed by atoms with van der Waals surface area (Å²) in [6.07, 6.45) is 0.674. The molecule has 2 atom stereocenters. The number of amides is 4. The summed E-state index contributed by atoms with van der Waals surface area (Å²) in [6, 6.07) is -2.57. The number of carbonyl (C=O) groups is 5. The van der Waals surface area contributed by atoms with Crippen molar-refractivity contribution in [3.8, 4) is 0 Å². The van der Waals surface area contributed by atoms with Gasteiger partial charge < -0.3 is 38.3 Å². The van der Waals surface area contributed by atoms with Gasteiger partial charge in [0, 0.05) is 0 Å². The second kappa shape index (κ2) is 12.6. The Morgan fingerprint density at radius 1 is 0.923 bits per heavy atom. The van der Waals surface area contributed by atoms with Crippen molar-refractivity contribution in [2.45, 2.75) is 37.8 Å². The molecule has 2 unspecified atom stereocenters. The van der Waals surface area contributed by atoms with Crippen LogP contribution in [0.3, 0.4) is 0 Å². The molecule has 0 rings (SSSR count). The molecule has 0 spiro atoms. The van der Waals surface area contributed by atoms with Crippen molar-refractivity contribution in [1.82, 2.24) is 16.0 Å². The summed E-state index contributed by atoms with van der Waals surface area (Å²) in [5.74, 6) is -4.34. The van der Waals surface area contributed by atoms with Crippen LogP contribution in [-0.4, -0.2) is 66.4 Å². The fourth-order valence-electron chi connectivity index (χ4n) is 1.93. The Labute approximate surface area is 150 Å². The molecule has 0 fully saturated rings. The first-order valence-electron chi connectivity index (χ1n) is 7.98. The lowest BCUT2D eigenvalue weighted by molar-refractivity contribution is -0.142. The third-order valence-electron chi connectivity index (χ3n) is 3.25. The number of hydrogen-bond donors (Lipinski definition) is 7. The molecule has 0 aromatic heterocycles. The number of primary amides is 1. The molecule has 0 aromatic carbocycles. The van der Waals surface area contributed by atoms with Crippen molar-refractivity contribution in [2.75, 3.05) is 19.6 Å². The van der Waals surface area contributed by atoms with Crippen molar-refractivity contribution in [3.63, 3.8) is 0 Å². The summed E-state index contributed by atoms with van der Waals surface area (Å²) in [5.41, 5.74) is 15.5. The van der Waals surface area contributed by atoms with E-state index in [2.05, 4.69) is 16.0 Å². The minimum absolute atomic E-state index is 0.141. The molecule has 0 aromatic rings. The van der Waals surface area contributed by atoms with Crippen molar-refractivity contribution in [1.29, 1.82) is 0 Å². The van der Waals surface area contributed by atoms with Gasteiger partial charge >= 0.3 is 5.97 Å². The van der Waals surface area contributed by atoms with Crippen molar-refractivity contribution in [3.05, 3.63) is 0 Å². The number of unbranched alkanes of at least 4 members (excludes halogenated alkanes) is 1. The summed E-state index contributed by atoms with van der Waals surface area (Å²) in [7, 11) is 0. The number of carbonyl (C=O) groups excluding carboxylic acids is 4. The van der Waals surface area contributed by atoms with Crippen LogP contribution in [0.25, 0.3) is 0 Å². The van der Waals surface area contributed by atoms with E-state index in [4.69, 9.17) is 22.3 Å². The molecule has 0 aliphatic carbocycles. The van der Waals surface area contributed by atoms with Gasteiger partial charge in [-0.2, -0.15) is 0 Å². The fourth-order valence-corrected chi connectivity index (χ4v) is 1.93. The van der Waals surface area contributed by atoms with Crippen LogP contribution < -0.4 is 33.2 Å². The maximum absolute atomic E-state index is 12.2. The van der Waals surface area contributed by atoms with Gasteiger partial charge in [0.15, 0.2) is 0 Å². The topological polar surface area (TPSA) is 220 Å². The molecule has 0 radical (unpaired) electrons. The van der Waals surface area contributed by atoms with Crippen molar-refractivity contribution >= 4 is 29.6 Å². The van der Waals surface area contributed by atoms with Crippen LogP contribution in [0.2, 0.25) is 0 Å². The molecule has 26 heavy (non-hydrogen) atoms. The first-order chi connectivity index (χ1) is 12.2. The largest absolute Gasteiger partial charge is 0.480 e. The first-order valence-corrected chi connectivity index (χ1v) is 7.98. The average molecular weight is 374 g/mol. The van der Waals surface area contributed by atoms with E-state index in [0.29, 0.717) is 19.4 Å². The van der Waals surface area contributed by atoms with E-state index in [1.807, 2.05) is 0 Å². The Morgan fingerprint density at radius 3 is 2.08 bits per heavy atom. The zero-order valence-electron chi connectivity index (χ0n) is 14.3. The van der Waals surface area contributed by atoms with Crippen LogP contribution >= 0.6 is 0 Å². The van der Waals surface area contributed by atoms with Crippen LogP contribution in [0.1, 0.15) is 25.7 Å². The van der Waals surface area contributed by atoms with E-state index < -0.39 is 54.6 Å². The molecular weight excluding hydrogens is 348 g/mol. The minimum atomic E-state index is -1.37. The number of nitrogens with one attached hydrogen (secondary N) is 3. The summed E-state index contributed by atoms with van der Waals surface area (Å²) in [4.78, 5) is 57.3. The lowest BCUT2D eigenvalue weighted by Gasteiger charge is -2.20. The highest BCUT2D eigenvalue weighted by Gasteiger charge is 2.27. The zero-order chi connectivity index (χ0) is 20.1. The summed E-state index contributed by atoms with van der Waals surface area (Å²) in [5, 5.41) is 15.8. The Morgan fingerprint density at radius 2 is 1.58 bits per heavy atom. The van der Waals surface area contributed by atoms with Crippen molar-refractivity contribution < 1.29 is 29.1 Å². The van der Waals surface area contributed by atoms with E-state index in [9.17, 15) is 24.0 Å². The zero-order valence-corrected chi connectivity index (χ0v) is 14.3. The molecule has 148 valence electrons. The van der Waals surface area contributed by atoms with Gasteiger partial charge in [0.05, 0.1) is 19.5 Å². The number of nitrogens with two attached hydrogens (primary N) is 3. The Hall–Kier alpha value is -2.73. The number of carboxylic acid groups (broad SMARTS) is 1. The second-order valence-electron chi connectivity index (χ2n) is 5.46. The smallest absolute Gasteiger partial charge is 0.326 e. The maximum atomic E-state index is 12.2.